The van der Waals surface area contributed by atoms with Crippen molar-refractivity contribution < 1.29 is 19.7 Å². The van der Waals surface area contributed by atoms with Crippen molar-refractivity contribution in [3.63, 3.8) is 0 Å². The first kappa shape index (κ1) is 19.2. The van der Waals surface area contributed by atoms with Crippen LogP contribution in [0.25, 0.3) is 0 Å². The predicted molar refractivity (Wildman–Crippen MR) is 87.9 cm³/mol. The Kier molecular flexibility index (Phi) is 11.0. The van der Waals surface area contributed by atoms with Crippen LogP contribution in [0.5, 0.6) is 0 Å². The van der Waals surface area contributed by atoms with Crippen molar-refractivity contribution in [3.8, 4) is 0 Å². The van der Waals surface area contributed by atoms with E-state index in [1.54, 1.807) is 0 Å². The Morgan fingerprint density at radius 2 is 1.64 bits per heavy atom. The molecule has 0 amide bonds. The van der Waals surface area contributed by atoms with Crippen molar-refractivity contribution in [1.29, 1.82) is 0 Å². The second-order valence-electron chi connectivity index (χ2n) is 6.19. The summed E-state index contributed by atoms with van der Waals surface area (Å²) in [4.78, 5) is 10.4. The third-order valence-electron chi connectivity index (χ3n) is 4.13. The largest absolute Gasteiger partial charge is 0.481 e. The Bertz CT molecular complexity index is 314. The van der Waals surface area contributed by atoms with E-state index in [-0.39, 0.29) is 0 Å². The van der Waals surface area contributed by atoms with Crippen molar-refractivity contribution in [2.75, 3.05) is 6.61 Å². The molecule has 0 bridgehead atoms. The number of epoxide rings is 1. The van der Waals surface area contributed by atoms with E-state index in [0.717, 1.165) is 57.8 Å². The van der Waals surface area contributed by atoms with E-state index in [1.165, 1.54) is 12.8 Å². The summed E-state index contributed by atoms with van der Waals surface area (Å²) < 4.78 is 5.66. The summed E-state index contributed by atoms with van der Waals surface area (Å²) in [6.45, 7) is 0.306. The van der Waals surface area contributed by atoms with Crippen molar-refractivity contribution in [3.05, 3.63) is 12.2 Å². The second-order valence-corrected chi connectivity index (χ2v) is 6.19. The zero-order valence-electron chi connectivity index (χ0n) is 13.7. The first-order chi connectivity index (χ1) is 10.7. The molecule has 0 aromatic carbocycles. The fourth-order valence-electron chi connectivity index (χ4n) is 2.69. The van der Waals surface area contributed by atoms with Crippen LogP contribution in [0, 0.1) is 0 Å². The lowest BCUT2D eigenvalue weighted by Gasteiger charge is -1.99. The fraction of sp³-hybridized carbons (Fsp3) is 0.833. The van der Waals surface area contributed by atoms with Crippen LogP contribution in [0.1, 0.15) is 77.0 Å². The molecule has 2 N–H and O–H groups in total. The number of allylic oxidation sites excluding steroid dienone is 1. The van der Waals surface area contributed by atoms with Crippen LogP contribution in [0.4, 0.5) is 0 Å². The van der Waals surface area contributed by atoms with Crippen molar-refractivity contribution in [2.24, 2.45) is 0 Å². The second kappa shape index (κ2) is 12.7. The van der Waals surface area contributed by atoms with Gasteiger partial charge in [0, 0.05) is 13.0 Å². The summed E-state index contributed by atoms with van der Waals surface area (Å²) in [6.07, 6.45) is 17.5. The molecule has 1 aliphatic heterocycles. The summed E-state index contributed by atoms with van der Waals surface area (Å²) in [7, 11) is 0. The highest BCUT2D eigenvalue weighted by molar-refractivity contribution is 5.66. The standard InChI is InChI=1S/C18H32O4/c19-15-11-7-2-1-4-8-12-16-17(22-16)13-9-5-3-6-10-14-18(20)21/h4,8,16-17,19H,1-3,5-7,9-15H2,(H,20,21). The molecular formula is C18H32O4. The van der Waals surface area contributed by atoms with Crippen LogP contribution in [-0.4, -0.2) is 35.0 Å². The third kappa shape index (κ3) is 10.8. The Labute approximate surface area is 134 Å². The van der Waals surface area contributed by atoms with Gasteiger partial charge in [-0.3, -0.25) is 4.79 Å². The number of carboxylic acid groups (broad SMARTS) is 1. The van der Waals surface area contributed by atoms with Crippen LogP contribution < -0.4 is 0 Å². The molecule has 1 saturated heterocycles. The van der Waals surface area contributed by atoms with E-state index >= 15 is 0 Å². The number of hydrogen-bond acceptors (Lipinski definition) is 3. The number of carboxylic acids is 1. The van der Waals surface area contributed by atoms with Crippen LogP contribution in [-0.2, 0) is 9.53 Å². The van der Waals surface area contributed by atoms with Crippen LogP contribution in [0.2, 0.25) is 0 Å². The van der Waals surface area contributed by atoms with E-state index in [1.807, 2.05) is 0 Å². The molecule has 0 aromatic rings. The van der Waals surface area contributed by atoms with Crippen LogP contribution in [0.3, 0.4) is 0 Å². The molecule has 0 aliphatic carbocycles. The molecule has 0 spiro atoms. The highest BCUT2D eigenvalue weighted by Gasteiger charge is 2.36. The number of ether oxygens (including phenoxy) is 1. The molecule has 4 nitrogen and oxygen atoms in total. The molecule has 22 heavy (non-hydrogen) atoms. The first-order valence-corrected chi connectivity index (χ1v) is 8.87. The quantitative estimate of drug-likeness (QED) is 0.272. The van der Waals surface area contributed by atoms with Crippen molar-refractivity contribution in [2.45, 2.75) is 89.3 Å². The molecule has 0 radical (unpaired) electrons. The van der Waals surface area contributed by atoms with Gasteiger partial charge in [0.2, 0.25) is 0 Å². The summed E-state index contributed by atoms with van der Waals surface area (Å²) in [6, 6.07) is 0. The molecule has 2 atom stereocenters. The lowest BCUT2D eigenvalue weighted by atomic mass is 10.1. The van der Waals surface area contributed by atoms with Gasteiger partial charge in [0.1, 0.15) is 0 Å². The molecule has 0 aromatic heterocycles. The highest BCUT2D eigenvalue weighted by Crippen LogP contribution is 2.30. The maximum atomic E-state index is 10.4. The van der Waals surface area contributed by atoms with E-state index in [0.29, 0.717) is 25.2 Å². The summed E-state index contributed by atoms with van der Waals surface area (Å²) in [5, 5.41) is 17.2. The van der Waals surface area contributed by atoms with E-state index in [9.17, 15) is 4.79 Å². The van der Waals surface area contributed by atoms with Gasteiger partial charge in [-0.25, -0.2) is 0 Å². The minimum atomic E-state index is -0.685. The van der Waals surface area contributed by atoms with Crippen molar-refractivity contribution >= 4 is 5.97 Å². The Hall–Kier alpha value is -0.870. The average molecular weight is 312 g/mol. The molecule has 4 heteroatoms. The molecule has 1 fully saturated rings. The van der Waals surface area contributed by atoms with Crippen LogP contribution >= 0.6 is 0 Å². The zero-order valence-corrected chi connectivity index (χ0v) is 13.7. The SMILES string of the molecule is O=C(O)CCCCCCCC1OC1CC=CCCCCCO. The molecule has 1 heterocycles. The van der Waals surface area contributed by atoms with Crippen molar-refractivity contribution in [1.82, 2.24) is 0 Å². The maximum Gasteiger partial charge on any atom is 0.303 e. The number of rotatable bonds is 15. The van der Waals surface area contributed by atoms with Gasteiger partial charge < -0.3 is 14.9 Å². The lowest BCUT2D eigenvalue weighted by molar-refractivity contribution is -0.137. The van der Waals surface area contributed by atoms with Gasteiger partial charge in [-0.05, 0) is 38.5 Å². The Morgan fingerprint density at radius 3 is 2.41 bits per heavy atom. The zero-order chi connectivity index (χ0) is 16.0. The van der Waals surface area contributed by atoms with Gasteiger partial charge in [0.15, 0.2) is 0 Å². The molecule has 0 saturated carbocycles. The molecule has 1 rings (SSSR count). The van der Waals surface area contributed by atoms with Gasteiger partial charge in [-0.2, -0.15) is 0 Å². The third-order valence-corrected chi connectivity index (χ3v) is 4.13. The topological polar surface area (TPSA) is 70.1 Å². The van der Waals surface area contributed by atoms with Gasteiger partial charge >= 0.3 is 5.97 Å². The molecular weight excluding hydrogens is 280 g/mol. The maximum absolute atomic E-state index is 10.4. The number of hydrogen-bond donors (Lipinski definition) is 2. The molecule has 2 unspecified atom stereocenters. The van der Waals surface area contributed by atoms with E-state index in [2.05, 4.69) is 12.2 Å². The van der Waals surface area contributed by atoms with E-state index in [4.69, 9.17) is 14.9 Å². The summed E-state index contributed by atoms with van der Waals surface area (Å²) >= 11 is 0. The Balaban J connectivity index is 1.82. The highest BCUT2D eigenvalue weighted by atomic mass is 16.6. The summed E-state index contributed by atoms with van der Waals surface area (Å²) in [5.41, 5.74) is 0. The minimum Gasteiger partial charge on any atom is -0.481 e. The average Bonchev–Trinajstić information content (AvgIpc) is 3.23. The number of carbonyl (C=O) groups is 1. The Morgan fingerprint density at radius 1 is 0.909 bits per heavy atom. The van der Waals surface area contributed by atoms with Gasteiger partial charge in [-0.1, -0.05) is 44.3 Å². The monoisotopic (exact) mass is 312 g/mol. The molecule has 1 aliphatic rings. The number of unbranched alkanes of at least 4 members (excludes halogenated alkanes) is 7. The van der Waals surface area contributed by atoms with Gasteiger partial charge in [-0.15, -0.1) is 0 Å². The fourth-order valence-corrected chi connectivity index (χ4v) is 2.69. The van der Waals surface area contributed by atoms with Crippen LogP contribution in [0.15, 0.2) is 12.2 Å². The predicted octanol–water partition coefficient (Wildman–Crippen LogP) is 4.07. The first-order valence-electron chi connectivity index (χ1n) is 8.87. The minimum absolute atomic E-state index is 0.306. The van der Waals surface area contributed by atoms with Gasteiger partial charge in [0.05, 0.1) is 12.2 Å². The number of aliphatic hydroxyl groups excluding tert-OH is 1. The lowest BCUT2D eigenvalue weighted by Crippen LogP contribution is -1.94. The summed E-state index contributed by atoms with van der Waals surface area (Å²) in [5.74, 6) is -0.685. The molecule has 128 valence electrons. The number of aliphatic hydroxyl groups is 1. The normalized spacial score (nSPS) is 20.6. The van der Waals surface area contributed by atoms with E-state index < -0.39 is 5.97 Å². The van der Waals surface area contributed by atoms with Gasteiger partial charge in [0.25, 0.3) is 0 Å². The number of aliphatic carboxylic acids is 1. The smallest absolute Gasteiger partial charge is 0.303 e.